The zero-order valence-corrected chi connectivity index (χ0v) is 19.7. The minimum absolute atomic E-state index is 0.123. The van der Waals surface area contributed by atoms with Gasteiger partial charge in [0.1, 0.15) is 5.75 Å². The smallest absolute Gasteiger partial charge is 0.340 e. The maximum Gasteiger partial charge on any atom is 0.340 e. The minimum Gasteiger partial charge on any atom is -0.497 e. The van der Waals surface area contributed by atoms with E-state index in [1.54, 1.807) is 43.5 Å². The van der Waals surface area contributed by atoms with E-state index in [0.29, 0.717) is 12.2 Å². The van der Waals surface area contributed by atoms with Crippen molar-refractivity contribution in [1.82, 2.24) is 5.32 Å². The molecule has 1 atom stereocenters. The quantitative estimate of drug-likeness (QED) is 0.336. The fourth-order valence-electron chi connectivity index (χ4n) is 3.26. The average molecular weight is 473 g/mol. The van der Waals surface area contributed by atoms with Crippen molar-refractivity contribution < 1.29 is 23.9 Å². The highest BCUT2D eigenvalue weighted by Gasteiger charge is 2.16. The third-order valence-corrected chi connectivity index (χ3v) is 5.26. The molecule has 35 heavy (non-hydrogen) atoms. The van der Waals surface area contributed by atoms with Crippen molar-refractivity contribution in [1.29, 1.82) is 0 Å². The van der Waals surface area contributed by atoms with Crippen LogP contribution < -0.4 is 15.4 Å². The molecule has 0 bridgehead atoms. The Kier molecular flexibility index (Phi) is 9.19. The Labute approximate surface area is 204 Å². The third-order valence-electron chi connectivity index (χ3n) is 5.26. The predicted octanol–water partition coefficient (Wildman–Crippen LogP) is 4.42. The van der Waals surface area contributed by atoms with E-state index < -0.39 is 24.4 Å². The summed E-state index contributed by atoms with van der Waals surface area (Å²) in [6, 6.07) is 23.5. The highest BCUT2D eigenvalue weighted by atomic mass is 16.5. The van der Waals surface area contributed by atoms with Crippen LogP contribution in [0.5, 0.6) is 5.75 Å². The molecular formula is C28H28N2O5. The lowest BCUT2D eigenvalue weighted by Crippen LogP contribution is -2.31. The molecule has 0 aliphatic carbocycles. The van der Waals surface area contributed by atoms with Crippen LogP contribution in [0.3, 0.4) is 0 Å². The average Bonchev–Trinajstić information content (AvgIpc) is 2.90. The lowest BCUT2D eigenvalue weighted by atomic mass is 10.0. The van der Waals surface area contributed by atoms with Gasteiger partial charge in [0.05, 0.1) is 18.4 Å². The van der Waals surface area contributed by atoms with E-state index in [9.17, 15) is 14.4 Å². The highest BCUT2D eigenvalue weighted by Crippen LogP contribution is 2.17. The monoisotopic (exact) mass is 472 g/mol. The van der Waals surface area contributed by atoms with Gasteiger partial charge in [-0.15, -0.1) is 0 Å². The minimum atomic E-state index is -0.703. The summed E-state index contributed by atoms with van der Waals surface area (Å²) >= 11 is 0. The Balaban J connectivity index is 1.51. The molecule has 0 fully saturated rings. The summed E-state index contributed by atoms with van der Waals surface area (Å²) in [6.45, 7) is 2.01. The molecule has 0 spiro atoms. The zero-order chi connectivity index (χ0) is 25.0. The number of rotatable bonds is 10. The molecule has 3 aromatic carbocycles. The maximum absolute atomic E-state index is 12.6. The third kappa shape index (κ3) is 7.85. The van der Waals surface area contributed by atoms with E-state index in [-0.39, 0.29) is 11.5 Å². The van der Waals surface area contributed by atoms with Gasteiger partial charge >= 0.3 is 5.97 Å². The molecule has 0 saturated heterocycles. The Morgan fingerprint density at radius 1 is 0.914 bits per heavy atom. The Bertz CT molecular complexity index is 1170. The van der Waals surface area contributed by atoms with E-state index in [1.807, 2.05) is 49.4 Å². The van der Waals surface area contributed by atoms with Crippen molar-refractivity contribution in [2.75, 3.05) is 25.6 Å². The van der Waals surface area contributed by atoms with Crippen molar-refractivity contribution in [2.45, 2.75) is 12.8 Å². The standard InChI is InChI=1S/C28H28N2O5/c1-20(22-8-4-3-5-9-22)18-29-27(32)19-35-28(33)24-10-6-7-11-25(24)30-26(31)17-14-21-12-15-23(34-2)16-13-21/h3-17,20H,18-19H2,1-2H3,(H,29,32)(H,30,31). The lowest BCUT2D eigenvalue weighted by Gasteiger charge is -2.13. The molecule has 0 aliphatic rings. The summed E-state index contributed by atoms with van der Waals surface area (Å²) in [6.07, 6.45) is 3.02. The van der Waals surface area contributed by atoms with Crippen LogP contribution >= 0.6 is 0 Å². The molecule has 0 saturated carbocycles. The second kappa shape index (κ2) is 12.7. The number of para-hydroxylation sites is 1. The van der Waals surface area contributed by atoms with E-state index in [0.717, 1.165) is 16.9 Å². The highest BCUT2D eigenvalue weighted by molar-refractivity contribution is 6.06. The van der Waals surface area contributed by atoms with Gasteiger partial charge in [0.25, 0.3) is 5.91 Å². The number of hydrogen-bond acceptors (Lipinski definition) is 5. The Hall–Kier alpha value is -4.39. The van der Waals surface area contributed by atoms with Crippen LogP contribution in [0.15, 0.2) is 84.9 Å². The molecule has 2 amide bonds. The fourth-order valence-corrected chi connectivity index (χ4v) is 3.26. The van der Waals surface area contributed by atoms with E-state index in [1.165, 1.54) is 12.1 Å². The first-order valence-electron chi connectivity index (χ1n) is 11.2. The van der Waals surface area contributed by atoms with E-state index in [2.05, 4.69) is 10.6 Å². The number of methoxy groups -OCH3 is 1. The van der Waals surface area contributed by atoms with Crippen molar-refractivity contribution in [3.8, 4) is 5.75 Å². The molecule has 7 heteroatoms. The number of anilines is 1. The molecule has 0 heterocycles. The van der Waals surface area contributed by atoms with Gasteiger partial charge in [-0.2, -0.15) is 0 Å². The lowest BCUT2D eigenvalue weighted by molar-refractivity contribution is -0.124. The summed E-state index contributed by atoms with van der Waals surface area (Å²) in [5.41, 5.74) is 2.38. The SMILES string of the molecule is COc1ccc(C=CC(=O)Nc2ccccc2C(=O)OCC(=O)NCC(C)c2ccccc2)cc1. The Morgan fingerprint density at radius 3 is 2.31 bits per heavy atom. The molecule has 0 aromatic heterocycles. The van der Waals surface area contributed by atoms with Gasteiger partial charge < -0.3 is 20.1 Å². The molecule has 0 radical (unpaired) electrons. The molecule has 2 N–H and O–H groups in total. The number of hydrogen-bond donors (Lipinski definition) is 2. The number of benzene rings is 3. The normalized spacial score (nSPS) is 11.5. The Morgan fingerprint density at radius 2 is 1.60 bits per heavy atom. The number of esters is 1. The van der Waals surface area contributed by atoms with Crippen molar-refractivity contribution in [3.63, 3.8) is 0 Å². The summed E-state index contributed by atoms with van der Waals surface area (Å²) < 4.78 is 10.3. The van der Waals surface area contributed by atoms with Crippen LogP contribution in [0.1, 0.15) is 34.3 Å². The van der Waals surface area contributed by atoms with Crippen LogP contribution in [0, 0.1) is 0 Å². The molecule has 3 rings (SSSR count). The van der Waals surface area contributed by atoms with Gasteiger partial charge in [-0.1, -0.05) is 61.5 Å². The van der Waals surface area contributed by atoms with Crippen LogP contribution in [0.2, 0.25) is 0 Å². The van der Waals surface area contributed by atoms with Crippen molar-refractivity contribution in [3.05, 3.63) is 102 Å². The van der Waals surface area contributed by atoms with Crippen molar-refractivity contribution in [2.24, 2.45) is 0 Å². The number of carbonyl (C=O) groups excluding carboxylic acids is 3. The number of ether oxygens (including phenoxy) is 2. The maximum atomic E-state index is 12.6. The van der Waals surface area contributed by atoms with Gasteiger partial charge in [0.2, 0.25) is 5.91 Å². The summed E-state index contributed by atoms with van der Waals surface area (Å²) in [4.78, 5) is 37.1. The molecule has 180 valence electrons. The first-order chi connectivity index (χ1) is 17.0. The van der Waals surface area contributed by atoms with Crippen LogP contribution in [-0.2, 0) is 14.3 Å². The topological polar surface area (TPSA) is 93.7 Å². The second-order valence-electron chi connectivity index (χ2n) is 7.83. The van der Waals surface area contributed by atoms with Gasteiger partial charge in [0, 0.05) is 12.6 Å². The molecular weight excluding hydrogens is 444 g/mol. The van der Waals surface area contributed by atoms with E-state index >= 15 is 0 Å². The zero-order valence-electron chi connectivity index (χ0n) is 19.7. The van der Waals surface area contributed by atoms with Gasteiger partial charge in [-0.05, 0) is 47.4 Å². The van der Waals surface area contributed by atoms with Gasteiger partial charge in [-0.25, -0.2) is 4.79 Å². The van der Waals surface area contributed by atoms with Crippen LogP contribution in [0.4, 0.5) is 5.69 Å². The predicted molar refractivity (Wildman–Crippen MR) is 135 cm³/mol. The number of carbonyl (C=O) groups is 3. The van der Waals surface area contributed by atoms with Crippen LogP contribution in [0.25, 0.3) is 6.08 Å². The molecule has 3 aromatic rings. The first kappa shape index (κ1) is 25.2. The number of amides is 2. The summed E-state index contributed by atoms with van der Waals surface area (Å²) in [7, 11) is 1.58. The van der Waals surface area contributed by atoms with Crippen molar-refractivity contribution >= 4 is 29.5 Å². The first-order valence-corrected chi connectivity index (χ1v) is 11.2. The second-order valence-corrected chi connectivity index (χ2v) is 7.83. The van der Waals surface area contributed by atoms with Gasteiger partial charge in [-0.3, -0.25) is 9.59 Å². The van der Waals surface area contributed by atoms with Crippen LogP contribution in [-0.4, -0.2) is 38.0 Å². The molecule has 7 nitrogen and oxygen atoms in total. The largest absolute Gasteiger partial charge is 0.497 e. The van der Waals surface area contributed by atoms with E-state index in [4.69, 9.17) is 9.47 Å². The van der Waals surface area contributed by atoms with Gasteiger partial charge in [0.15, 0.2) is 6.61 Å². The molecule has 1 unspecified atom stereocenters. The molecule has 0 aliphatic heterocycles. The fraction of sp³-hybridized carbons (Fsp3) is 0.179. The summed E-state index contributed by atoms with van der Waals surface area (Å²) in [5, 5.41) is 5.45. The number of nitrogens with one attached hydrogen (secondary N) is 2. The summed E-state index contributed by atoms with van der Waals surface area (Å²) in [5.74, 6) is -0.665.